The highest BCUT2D eigenvalue weighted by Gasteiger charge is 2.64. The average molecular weight is 362 g/mol. The van der Waals surface area contributed by atoms with Crippen molar-refractivity contribution in [3.05, 3.63) is 0 Å². The Bertz CT molecular complexity index is 280. The summed E-state index contributed by atoms with van der Waals surface area (Å²) in [6.07, 6.45) is -4.40. The van der Waals surface area contributed by atoms with Gasteiger partial charge in [0.15, 0.2) is 9.90 Å². The lowest BCUT2D eigenvalue weighted by Gasteiger charge is -2.55. The number of ether oxygens (including phenoxy) is 1. The van der Waals surface area contributed by atoms with Gasteiger partial charge in [-0.1, -0.05) is 19.6 Å². The van der Waals surface area contributed by atoms with Gasteiger partial charge in [0.05, 0.1) is 13.3 Å². The van der Waals surface area contributed by atoms with Crippen molar-refractivity contribution >= 4 is 30.7 Å². The Hall–Kier alpha value is 0.747. The molecule has 16 heavy (non-hydrogen) atoms. The summed E-state index contributed by atoms with van der Waals surface area (Å²) in [5, 5.41) is 38.2. The fourth-order valence-corrected chi connectivity index (χ4v) is 6.36. The van der Waals surface area contributed by atoms with E-state index in [1.807, 2.05) is 19.6 Å². The van der Waals surface area contributed by atoms with Crippen LogP contribution in [0.5, 0.6) is 0 Å². The molecule has 0 aromatic heterocycles. The standard InChI is InChI=1S/C9H19IO5Si/c1-8(16(2,3)4)9(10,14)6(12)5(11)7(13)15-8/h5-7,11-14H,1-4H3/t5-,6+,7?,8-,9+/m0/s1. The summed E-state index contributed by atoms with van der Waals surface area (Å²) >= 11 is 1.69. The van der Waals surface area contributed by atoms with E-state index in [1.54, 1.807) is 29.5 Å². The van der Waals surface area contributed by atoms with Crippen LogP contribution in [0.1, 0.15) is 6.92 Å². The van der Waals surface area contributed by atoms with E-state index in [2.05, 4.69) is 0 Å². The van der Waals surface area contributed by atoms with Gasteiger partial charge < -0.3 is 25.2 Å². The number of hydrogen-bond acceptors (Lipinski definition) is 5. The minimum Gasteiger partial charge on any atom is -0.386 e. The molecule has 5 nitrogen and oxygen atoms in total. The van der Waals surface area contributed by atoms with Crippen molar-refractivity contribution in [3.8, 4) is 0 Å². The van der Waals surface area contributed by atoms with Crippen LogP contribution >= 0.6 is 22.6 Å². The first kappa shape index (κ1) is 14.8. The van der Waals surface area contributed by atoms with E-state index < -0.39 is 35.4 Å². The Kier molecular flexibility index (Phi) is 3.83. The monoisotopic (exact) mass is 362 g/mol. The predicted molar refractivity (Wildman–Crippen MR) is 69.8 cm³/mol. The van der Waals surface area contributed by atoms with Crippen molar-refractivity contribution in [1.82, 2.24) is 0 Å². The number of halogens is 1. The summed E-state index contributed by atoms with van der Waals surface area (Å²) in [7, 11) is -2.04. The van der Waals surface area contributed by atoms with Gasteiger partial charge >= 0.3 is 0 Å². The summed E-state index contributed by atoms with van der Waals surface area (Å²) in [4.78, 5) is 0. The highest BCUT2D eigenvalue weighted by Crippen LogP contribution is 2.47. The van der Waals surface area contributed by atoms with Crippen molar-refractivity contribution in [3.63, 3.8) is 0 Å². The molecule has 96 valence electrons. The van der Waals surface area contributed by atoms with Gasteiger partial charge in [-0.25, -0.2) is 0 Å². The van der Waals surface area contributed by atoms with Crippen LogP contribution in [0.25, 0.3) is 0 Å². The largest absolute Gasteiger partial charge is 0.386 e. The summed E-state index contributed by atoms with van der Waals surface area (Å²) in [5.41, 5.74) is 0. The van der Waals surface area contributed by atoms with Crippen molar-refractivity contribution in [1.29, 1.82) is 0 Å². The number of aliphatic hydroxyl groups is 4. The van der Waals surface area contributed by atoms with Gasteiger partial charge in [-0.05, 0) is 29.5 Å². The highest BCUT2D eigenvalue weighted by molar-refractivity contribution is 14.1. The van der Waals surface area contributed by atoms with Gasteiger partial charge in [-0.15, -0.1) is 0 Å². The molecule has 0 radical (unpaired) electrons. The second kappa shape index (κ2) is 4.14. The van der Waals surface area contributed by atoms with E-state index >= 15 is 0 Å². The third kappa shape index (κ3) is 1.96. The Balaban J connectivity index is 3.20. The highest BCUT2D eigenvalue weighted by atomic mass is 127. The maximum atomic E-state index is 10.4. The van der Waals surface area contributed by atoms with Crippen LogP contribution in [-0.4, -0.2) is 55.8 Å². The van der Waals surface area contributed by atoms with Gasteiger partial charge in [-0.3, -0.25) is 0 Å². The number of alkyl halides is 1. The molecule has 7 heteroatoms. The molecule has 0 aliphatic carbocycles. The molecule has 0 spiro atoms. The molecule has 0 bridgehead atoms. The summed E-state index contributed by atoms with van der Waals surface area (Å²) < 4.78 is 3.77. The van der Waals surface area contributed by atoms with Gasteiger partial charge in [0.1, 0.15) is 12.2 Å². The molecule has 1 aliphatic heterocycles. The van der Waals surface area contributed by atoms with E-state index in [1.165, 1.54) is 0 Å². The molecule has 5 atom stereocenters. The zero-order chi connectivity index (χ0) is 12.9. The van der Waals surface area contributed by atoms with Gasteiger partial charge in [0.25, 0.3) is 0 Å². The summed E-state index contributed by atoms with van der Waals surface area (Å²) in [6.45, 7) is 7.57. The zero-order valence-electron chi connectivity index (χ0n) is 9.81. The van der Waals surface area contributed by atoms with Gasteiger partial charge in [-0.2, -0.15) is 0 Å². The molecule has 1 saturated heterocycles. The second-order valence-electron chi connectivity index (χ2n) is 5.40. The normalized spacial score (nSPS) is 50.4. The van der Waals surface area contributed by atoms with E-state index in [-0.39, 0.29) is 0 Å². The van der Waals surface area contributed by atoms with E-state index in [4.69, 9.17) is 4.74 Å². The topological polar surface area (TPSA) is 90.2 Å². The maximum absolute atomic E-state index is 10.4. The molecule has 1 aliphatic rings. The van der Waals surface area contributed by atoms with Crippen LogP contribution in [0, 0.1) is 0 Å². The molecular weight excluding hydrogens is 343 g/mol. The molecular formula is C9H19IO5Si. The first-order chi connectivity index (χ1) is 6.95. The molecule has 0 amide bonds. The van der Waals surface area contributed by atoms with Crippen LogP contribution in [0.3, 0.4) is 0 Å². The van der Waals surface area contributed by atoms with Crippen LogP contribution in [0.2, 0.25) is 19.6 Å². The van der Waals surface area contributed by atoms with Crippen LogP contribution in [-0.2, 0) is 4.74 Å². The Morgan fingerprint density at radius 1 is 1.19 bits per heavy atom. The third-order valence-corrected chi connectivity index (χ3v) is 9.00. The van der Waals surface area contributed by atoms with Crippen LogP contribution in [0.15, 0.2) is 0 Å². The Labute approximate surface area is 110 Å². The zero-order valence-corrected chi connectivity index (χ0v) is 13.0. The SMILES string of the molecule is C[C@@]1([Si](C)(C)C)OC(O)[C@@H](O)[C@@H](O)[C@]1(O)I. The molecule has 1 rings (SSSR count). The van der Waals surface area contributed by atoms with Crippen molar-refractivity contribution in [2.45, 2.75) is 53.9 Å². The number of hydrogen-bond donors (Lipinski definition) is 4. The van der Waals surface area contributed by atoms with Gasteiger partial charge in [0.2, 0.25) is 0 Å². The quantitative estimate of drug-likeness (QED) is 0.295. The lowest BCUT2D eigenvalue weighted by Crippen LogP contribution is -2.75. The van der Waals surface area contributed by atoms with Crippen molar-refractivity contribution in [2.24, 2.45) is 0 Å². The lowest BCUT2D eigenvalue weighted by molar-refractivity contribution is -0.299. The van der Waals surface area contributed by atoms with Crippen molar-refractivity contribution < 1.29 is 25.2 Å². The lowest BCUT2D eigenvalue weighted by atomic mass is 9.99. The molecule has 0 aromatic carbocycles. The summed E-state index contributed by atoms with van der Waals surface area (Å²) in [6, 6.07) is 0. The number of aliphatic hydroxyl groups excluding tert-OH is 3. The minimum absolute atomic E-state index is 1.04. The number of rotatable bonds is 1. The van der Waals surface area contributed by atoms with E-state index in [0.717, 1.165) is 0 Å². The fraction of sp³-hybridized carbons (Fsp3) is 1.00. The molecule has 1 fully saturated rings. The van der Waals surface area contributed by atoms with Crippen LogP contribution < -0.4 is 0 Å². The molecule has 4 N–H and O–H groups in total. The first-order valence-corrected chi connectivity index (χ1v) is 9.66. The Morgan fingerprint density at radius 2 is 1.62 bits per heavy atom. The van der Waals surface area contributed by atoms with E-state index in [0.29, 0.717) is 0 Å². The fourth-order valence-electron chi connectivity index (χ4n) is 1.76. The smallest absolute Gasteiger partial charge is 0.183 e. The predicted octanol–water partition coefficient (Wildman–Crippen LogP) is -0.184. The first-order valence-electron chi connectivity index (χ1n) is 5.08. The average Bonchev–Trinajstić information content (AvgIpc) is 2.11. The van der Waals surface area contributed by atoms with Crippen LogP contribution in [0.4, 0.5) is 0 Å². The molecule has 1 heterocycles. The molecule has 0 aromatic rings. The summed E-state index contributed by atoms with van der Waals surface area (Å²) in [5.74, 6) is 0. The molecule has 0 saturated carbocycles. The maximum Gasteiger partial charge on any atom is 0.183 e. The Morgan fingerprint density at radius 3 is 2.00 bits per heavy atom. The van der Waals surface area contributed by atoms with Gasteiger partial charge in [0, 0.05) is 0 Å². The third-order valence-electron chi connectivity index (χ3n) is 3.46. The minimum atomic E-state index is -2.04. The van der Waals surface area contributed by atoms with Crippen molar-refractivity contribution in [2.75, 3.05) is 0 Å². The second-order valence-corrected chi connectivity index (χ2v) is 12.5. The molecule has 1 unspecified atom stereocenters. The van der Waals surface area contributed by atoms with E-state index in [9.17, 15) is 20.4 Å².